The van der Waals surface area contributed by atoms with Crippen LogP contribution in [0.15, 0.2) is 6.07 Å². The summed E-state index contributed by atoms with van der Waals surface area (Å²) in [5, 5.41) is 3.08. The Labute approximate surface area is 177 Å². The topological polar surface area (TPSA) is 67.9 Å². The maximum atomic E-state index is 12.9. The van der Waals surface area contributed by atoms with E-state index in [9.17, 15) is 9.59 Å². The van der Waals surface area contributed by atoms with Gasteiger partial charge in [0.1, 0.15) is 11.4 Å². The highest BCUT2D eigenvalue weighted by Gasteiger charge is 2.49. The predicted octanol–water partition coefficient (Wildman–Crippen LogP) is 4.99. The van der Waals surface area contributed by atoms with Gasteiger partial charge in [-0.25, -0.2) is 4.79 Å². The Morgan fingerprint density at radius 1 is 1.28 bits per heavy atom. The number of nitrogens with zero attached hydrogens (tertiary/aromatic N) is 1. The number of benzene rings is 1. The van der Waals surface area contributed by atoms with Crippen molar-refractivity contribution in [3.8, 4) is 5.75 Å². The molecule has 0 saturated heterocycles. The minimum Gasteiger partial charge on any atom is -0.494 e. The smallest absolute Gasteiger partial charge is 0.410 e. The number of rotatable bonds is 6. The summed E-state index contributed by atoms with van der Waals surface area (Å²) in [6.07, 6.45) is 3.10. The Morgan fingerprint density at radius 3 is 2.52 bits per heavy atom. The Balaban J connectivity index is 1.80. The van der Waals surface area contributed by atoms with Gasteiger partial charge in [0.2, 0.25) is 5.91 Å². The van der Waals surface area contributed by atoms with Crippen LogP contribution in [0.4, 0.5) is 10.5 Å². The van der Waals surface area contributed by atoms with Crippen molar-refractivity contribution >= 4 is 29.3 Å². The number of carbonyl (C=O) groups is 2. The second kappa shape index (κ2) is 8.05. The normalized spacial score (nSPS) is 17.0. The van der Waals surface area contributed by atoms with Crippen molar-refractivity contribution in [2.75, 3.05) is 18.3 Å². The molecule has 0 spiro atoms. The molecule has 1 heterocycles. The Hall–Kier alpha value is -1.95. The van der Waals surface area contributed by atoms with Crippen LogP contribution >= 0.6 is 11.6 Å². The van der Waals surface area contributed by atoms with E-state index >= 15 is 0 Å². The fourth-order valence-corrected chi connectivity index (χ4v) is 4.07. The molecule has 7 heteroatoms. The van der Waals surface area contributed by atoms with E-state index in [0.717, 1.165) is 42.4 Å². The number of amides is 2. The summed E-state index contributed by atoms with van der Waals surface area (Å²) in [7, 11) is 1.60. The quantitative estimate of drug-likeness (QED) is 0.655. The van der Waals surface area contributed by atoms with E-state index in [1.165, 1.54) is 0 Å². The molecule has 29 heavy (non-hydrogen) atoms. The van der Waals surface area contributed by atoms with Crippen molar-refractivity contribution in [1.82, 2.24) is 4.90 Å². The second-order valence-electron chi connectivity index (χ2n) is 9.08. The number of hydrogen-bond donors (Lipinski definition) is 1. The number of hydrogen-bond acceptors (Lipinski definition) is 4. The fraction of sp³-hybridized carbons (Fsp3) is 0.636. The molecule has 0 unspecified atom stereocenters. The van der Waals surface area contributed by atoms with E-state index in [-0.39, 0.29) is 17.4 Å². The van der Waals surface area contributed by atoms with Crippen LogP contribution in [0, 0.1) is 12.3 Å². The molecule has 1 saturated carbocycles. The summed E-state index contributed by atoms with van der Waals surface area (Å²) in [6.45, 7) is 8.46. The first kappa shape index (κ1) is 21.8. The summed E-state index contributed by atoms with van der Waals surface area (Å²) in [5.41, 5.74) is 2.83. The Kier molecular flexibility index (Phi) is 6.04. The number of carbonyl (C=O) groups excluding carboxylic acids is 2. The molecular weight excluding hydrogens is 392 g/mol. The van der Waals surface area contributed by atoms with Gasteiger partial charge in [-0.05, 0) is 76.1 Å². The lowest BCUT2D eigenvalue weighted by Gasteiger charge is -2.24. The van der Waals surface area contributed by atoms with Crippen molar-refractivity contribution in [3.05, 3.63) is 22.8 Å². The van der Waals surface area contributed by atoms with Gasteiger partial charge < -0.3 is 14.8 Å². The summed E-state index contributed by atoms with van der Waals surface area (Å²) >= 11 is 5.82. The third-order valence-electron chi connectivity index (χ3n) is 5.68. The molecule has 1 aliphatic heterocycles. The average molecular weight is 423 g/mol. The van der Waals surface area contributed by atoms with Crippen LogP contribution in [0.2, 0.25) is 0 Å². The van der Waals surface area contributed by atoms with Gasteiger partial charge in [-0.1, -0.05) is 0 Å². The molecule has 1 N–H and O–H groups in total. The first-order valence-electron chi connectivity index (χ1n) is 10.1. The number of methoxy groups -OCH3 is 1. The first-order valence-corrected chi connectivity index (χ1v) is 10.7. The van der Waals surface area contributed by atoms with Crippen LogP contribution in [0.25, 0.3) is 0 Å². The van der Waals surface area contributed by atoms with Crippen molar-refractivity contribution in [2.24, 2.45) is 5.41 Å². The van der Waals surface area contributed by atoms with Crippen molar-refractivity contribution in [2.45, 2.75) is 72.1 Å². The maximum Gasteiger partial charge on any atom is 0.410 e. The van der Waals surface area contributed by atoms with Gasteiger partial charge in [0.15, 0.2) is 0 Å². The third-order valence-corrected chi connectivity index (χ3v) is 5.95. The Morgan fingerprint density at radius 2 is 1.97 bits per heavy atom. The molecule has 1 aliphatic carbocycles. The molecular formula is C22H31ClN2O4. The van der Waals surface area contributed by atoms with Crippen LogP contribution in [0.5, 0.6) is 5.75 Å². The summed E-state index contributed by atoms with van der Waals surface area (Å²) < 4.78 is 11.1. The summed E-state index contributed by atoms with van der Waals surface area (Å²) in [6, 6.07) is 1.93. The standard InChI is InChI=1S/C22H31ClN2O4/c1-14-16-13-25(20(27)29-21(2,3)4)12-15(16)11-17(18(14)28-5)24-19(26)22(8-9-22)7-6-10-23/h11H,6-10,12-13H2,1-5H3,(H,24,26). The van der Waals surface area contributed by atoms with E-state index in [4.69, 9.17) is 21.1 Å². The van der Waals surface area contributed by atoms with E-state index < -0.39 is 5.60 Å². The van der Waals surface area contributed by atoms with Crippen molar-refractivity contribution < 1.29 is 19.1 Å². The number of halogens is 1. The zero-order valence-electron chi connectivity index (χ0n) is 18.0. The SMILES string of the molecule is COc1c(NC(=O)C2(CCCCl)CC2)cc2c(c1C)CN(C(=O)OC(C)(C)C)C2. The zero-order valence-corrected chi connectivity index (χ0v) is 18.7. The molecule has 1 aromatic rings. The molecule has 6 nitrogen and oxygen atoms in total. The predicted molar refractivity (Wildman–Crippen MR) is 113 cm³/mol. The lowest BCUT2D eigenvalue weighted by atomic mass is 9.98. The number of fused-ring (bicyclic) bond motifs is 1. The molecule has 1 fully saturated rings. The molecule has 1 aromatic carbocycles. The van der Waals surface area contributed by atoms with Gasteiger partial charge in [-0.3, -0.25) is 9.69 Å². The van der Waals surface area contributed by atoms with Gasteiger partial charge in [0, 0.05) is 17.8 Å². The van der Waals surface area contributed by atoms with Gasteiger partial charge in [0.05, 0.1) is 19.3 Å². The second-order valence-corrected chi connectivity index (χ2v) is 9.46. The third kappa shape index (κ3) is 4.63. The van der Waals surface area contributed by atoms with Crippen LogP contribution in [-0.4, -0.2) is 35.5 Å². The highest BCUT2D eigenvalue weighted by molar-refractivity contribution is 6.17. The molecule has 0 bridgehead atoms. The lowest BCUT2D eigenvalue weighted by molar-refractivity contribution is -0.121. The average Bonchev–Trinajstić information content (AvgIpc) is 3.30. The van der Waals surface area contributed by atoms with Crippen molar-refractivity contribution in [1.29, 1.82) is 0 Å². The number of nitrogens with one attached hydrogen (secondary N) is 1. The summed E-state index contributed by atoms with van der Waals surface area (Å²) in [5.74, 6) is 1.25. The minimum atomic E-state index is -0.542. The summed E-state index contributed by atoms with van der Waals surface area (Å²) in [4.78, 5) is 27.1. The first-order chi connectivity index (χ1) is 13.6. The van der Waals surface area contributed by atoms with Crippen LogP contribution in [-0.2, 0) is 22.6 Å². The van der Waals surface area contributed by atoms with Crippen molar-refractivity contribution in [3.63, 3.8) is 0 Å². The molecule has 0 radical (unpaired) electrons. The van der Waals surface area contributed by atoms with E-state index in [1.54, 1.807) is 12.0 Å². The number of anilines is 1. The lowest BCUT2D eigenvalue weighted by Crippen LogP contribution is -2.33. The van der Waals surface area contributed by atoms with Gasteiger partial charge in [-0.2, -0.15) is 0 Å². The molecule has 3 rings (SSSR count). The minimum absolute atomic E-state index is 0.0299. The monoisotopic (exact) mass is 422 g/mol. The number of alkyl halides is 1. The molecule has 160 valence electrons. The van der Waals surface area contributed by atoms with E-state index in [0.29, 0.717) is 30.4 Å². The molecule has 0 atom stereocenters. The highest BCUT2D eigenvalue weighted by Crippen LogP contribution is 2.51. The molecule has 2 amide bonds. The highest BCUT2D eigenvalue weighted by atomic mass is 35.5. The molecule has 2 aliphatic rings. The molecule has 0 aromatic heterocycles. The fourth-order valence-electron chi connectivity index (χ4n) is 3.93. The largest absolute Gasteiger partial charge is 0.494 e. The van der Waals surface area contributed by atoms with Crippen LogP contribution in [0.1, 0.15) is 63.1 Å². The van der Waals surface area contributed by atoms with Crippen LogP contribution < -0.4 is 10.1 Å². The van der Waals surface area contributed by atoms with Gasteiger partial charge in [0.25, 0.3) is 0 Å². The van der Waals surface area contributed by atoms with Crippen LogP contribution in [0.3, 0.4) is 0 Å². The number of ether oxygens (including phenoxy) is 2. The maximum absolute atomic E-state index is 12.9. The van der Waals surface area contributed by atoms with E-state index in [2.05, 4.69) is 5.32 Å². The Bertz CT molecular complexity index is 812. The van der Waals surface area contributed by atoms with Gasteiger partial charge >= 0.3 is 6.09 Å². The zero-order chi connectivity index (χ0) is 21.4. The van der Waals surface area contributed by atoms with E-state index in [1.807, 2.05) is 33.8 Å². The van der Waals surface area contributed by atoms with Gasteiger partial charge in [-0.15, -0.1) is 11.6 Å².